The van der Waals surface area contributed by atoms with E-state index in [1.807, 2.05) is 13.8 Å². The normalized spacial score (nSPS) is 13.2. The number of hydrogen-bond acceptors (Lipinski definition) is 3. The minimum atomic E-state index is -3.96. The van der Waals surface area contributed by atoms with Crippen LogP contribution in [-0.4, -0.2) is 39.4 Å². The molecule has 1 unspecified atom stereocenters. The number of benzene rings is 1. The van der Waals surface area contributed by atoms with Crippen molar-refractivity contribution in [3.05, 3.63) is 29.6 Å². The van der Waals surface area contributed by atoms with Gasteiger partial charge in [0.05, 0.1) is 4.90 Å². The van der Waals surface area contributed by atoms with Gasteiger partial charge in [0.2, 0.25) is 15.9 Å². The summed E-state index contributed by atoms with van der Waals surface area (Å²) in [6.45, 7) is 5.35. The molecule has 0 aliphatic carbocycles. The highest BCUT2D eigenvalue weighted by Crippen LogP contribution is 2.16. The maximum absolute atomic E-state index is 13.6. The fourth-order valence-electron chi connectivity index (χ4n) is 1.98. The van der Waals surface area contributed by atoms with Crippen molar-refractivity contribution in [1.29, 1.82) is 0 Å². The summed E-state index contributed by atoms with van der Waals surface area (Å²) in [6.07, 6.45) is 0.366. The number of sulfonamides is 1. The monoisotopic (exact) mass is 330 g/mol. The molecule has 1 aromatic rings. The third-order valence-electron chi connectivity index (χ3n) is 3.20. The molecule has 1 atom stereocenters. The number of hydrogen-bond donors (Lipinski definition) is 1. The van der Waals surface area contributed by atoms with Crippen molar-refractivity contribution in [3.8, 4) is 0 Å². The van der Waals surface area contributed by atoms with Crippen LogP contribution in [0.15, 0.2) is 23.1 Å². The highest BCUT2D eigenvalue weighted by Gasteiger charge is 2.27. The van der Waals surface area contributed by atoms with Gasteiger partial charge in [-0.2, -0.15) is 4.72 Å². The molecule has 0 aliphatic rings. The van der Waals surface area contributed by atoms with Crippen LogP contribution in [0.5, 0.6) is 0 Å². The zero-order valence-electron chi connectivity index (χ0n) is 13.6. The highest BCUT2D eigenvalue weighted by atomic mass is 32.2. The summed E-state index contributed by atoms with van der Waals surface area (Å²) >= 11 is 0. The van der Waals surface area contributed by atoms with Gasteiger partial charge >= 0.3 is 0 Å². The van der Waals surface area contributed by atoms with E-state index in [1.54, 1.807) is 21.0 Å². The van der Waals surface area contributed by atoms with Crippen molar-refractivity contribution in [1.82, 2.24) is 9.62 Å². The predicted octanol–water partition coefficient (Wildman–Crippen LogP) is 1.92. The first kappa shape index (κ1) is 18.6. The van der Waals surface area contributed by atoms with E-state index >= 15 is 0 Å². The number of aryl methyl sites for hydroxylation is 1. The Morgan fingerprint density at radius 3 is 2.36 bits per heavy atom. The average Bonchev–Trinajstić information content (AvgIpc) is 2.39. The third-order valence-corrected chi connectivity index (χ3v) is 4.67. The minimum absolute atomic E-state index is 0.131. The zero-order valence-corrected chi connectivity index (χ0v) is 14.4. The maximum Gasteiger partial charge on any atom is 0.241 e. The predicted molar refractivity (Wildman–Crippen MR) is 83.4 cm³/mol. The van der Waals surface area contributed by atoms with Crippen molar-refractivity contribution in [3.63, 3.8) is 0 Å². The van der Waals surface area contributed by atoms with Crippen LogP contribution in [0.2, 0.25) is 0 Å². The fourth-order valence-corrected chi connectivity index (χ4v) is 3.19. The van der Waals surface area contributed by atoms with E-state index in [-0.39, 0.29) is 16.7 Å². The first-order valence-electron chi connectivity index (χ1n) is 7.04. The molecule has 0 aromatic heterocycles. The molecule has 1 amide bonds. The van der Waals surface area contributed by atoms with Gasteiger partial charge in [0.1, 0.15) is 11.9 Å². The van der Waals surface area contributed by atoms with Gasteiger partial charge in [-0.15, -0.1) is 0 Å². The molecule has 7 heteroatoms. The molecule has 22 heavy (non-hydrogen) atoms. The van der Waals surface area contributed by atoms with E-state index < -0.39 is 21.9 Å². The van der Waals surface area contributed by atoms with Gasteiger partial charge in [-0.3, -0.25) is 4.79 Å². The first-order chi connectivity index (χ1) is 10.0. The standard InChI is InChI=1S/C15H23FN2O3S/c1-10(2)8-14(15(19)18(4)5)17-22(20,21)12-7-6-11(3)13(16)9-12/h6-7,9-10,14,17H,8H2,1-5H3. The minimum Gasteiger partial charge on any atom is -0.347 e. The molecule has 0 fully saturated rings. The Kier molecular flexibility index (Phi) is 6.08. The molecule has 0 saturated heterocycles. The van der Waals surface area contributed by atoms with Crippen LogP contribution >= 0.6 is 0 Å². The van der Waals surface area contributed by atoms with Crippen LogP contribution in [0.1, 0.15) is 25.8 Å². The van der Waals surface area contributed by atoms with Gasteiger partial charge in [0.25, 0.3) is 0 Å². The number of amides is 1. The highest BCUT2D eigenvalue weighted by molar-refractivity contribution is 7.89. The van der Waals surface area contributed by atoms with Gasteiger partial charge in [-0.25, -0.2) is 12.8 Å². The van der Waals surface area contributed by atoms with Gasteiger partial charge in [-0.1, -0.05) is 19.9 Å². The van der Waals surface area contributed by atoms with Crippen molar-refractivity contribution in [2.45, 2.75) is 38.1 Å². The Bertz CT molecular complexity index is 642. The van der Waals surface area contributed by atoms with Gasteiger partial charge in [-0.05, 0) is 37.0 Å². The SMILES string of the molecule is Cc1ccc(S(=O)(=O)NC(CC(C)C)C(=O)N(C)C)cc1F. The largest absolute Gasteiger partial charge is 0.347 e. The molecule has 1 aromatic carbocycles. The van der Waals surface area contributed by atoms with Crippen LogP contribution in [0.3, 0.4) is 0 Å². The Morgan fingerprint density at radius 2 is 1.91 bits per heavy atom. The zero-order chi connectivity index (χ0) is 17.1. The van der Waals surface area contributed by atoms with E-state index in [2.05, 4.69) is 4.72 Å². The molecule has 1 N–H and O–H groups in total. The fraction of sp³-hybridized carbons (Fsp3) is 0.533. The van der Waals surface area contributed by atoms with E-state index in [4.69, 9.17) is 0 Å². The smallest absolute Gasteiger partial charge is 0.241 e. The van der Waals surface area contributed by atoms with Crippen LogP contribution < -0.4 is 4.72 Å². The number of nitrogens with zero attached hydrogens (tertiary/aromatic N) is 1. The van der Waals surface area contributed by atoms with Crippen molar-refractivity contribution >= 4 is 15.9 Å². The molecular formula is C15H23FN2O3S. The summed E-state index contributed by atoms with van der Waals surface area (Å²) in [5.74, 6) is -0.793. The summed E-state index contributed by atoms with van der Waals surface area (Å²) in [4.78, 5) is 13.3. The molecule has 0 saturated carbocycles. The lowest BCUT2D eigenvalue weighted by Gasteiger charge is -2.23. The number of carbonyl (C=O) groups is 1. The molecule has 0 aliphatic heterocycles. The number of halogens is 1. The second-order valence-corrected chi connectivity index (χ2v) is 7.66. The molecule has 124 valence electrons. The van der Waals surface area contributed by atoms with E-state index in [0.29, 0.717) is 12.0 Å². The van der Waals surface area contributed by atoms with Gasteiger partial charge in [0, 0.05) is 14.1 Å². The number of likely N-dealkylation sites (N-methyl/N-ethyl adjacent to an activating group) is 1. The lowest BCUT2D eigenvalue weighted by Crippen LogP contribution is -2.46. The number of rotatable bonds is 6. The molecule has 0 spiro atoms. The summed E-state index contributed by atoms with van der Waals surface area (Å²) in [5.41, 5.74) is 0.363. The molecule has 0 radical (unpaired) electrons. The van der Waals surface area contributed by atoms with E-state index in [0.717, 1.165) is 6.07 Å². The van der Waals surface area contributed by atoms with E-state index in [1.165, 1.54) is 17.0 Å². The second-order valence-electron chi connectivity index (χ2n) is 5.95. The Labute approximate surface area is 131 Å². The average molecular weight is 330 g/mol. The van der Waals surface area contributed by atoms with Crippen LogP contribution in [-0.2, 0) is 14.8 Å². The Hall–Kier alpha value is -1.47. The topological polar surface area (TPSA) is 66.5 Å². The van der Waals surface area contributed by atoms with Crippen molar-refractivity contribution in [2.24, 2.45) is 5.92 Å². The molecule has 1 rings (SSSR count). The van der Waals surface area contributed by atoms with Gasteiger partial charge in [0.15, 0.2) is 0 Å². The Morgan fingerprint density at radius 1 is 1.32 bits per heavy atom. The number of nitrogens with one attached hydrogen (secondary N) is 1. The summed E-state index contributed by atoms with van der Waals surface area (Å²) < 4.78 is 40.7. The van der Waals surface area contributed by atoms with Crippen LogP contribution in [0.4, 0.5) is 4.39 Å². The molecule has 5 nitrogen and oxygen atoms in total. The van der Waals surface area contributed by atoms with E-state index in [9.17, 15) is 17.6 Å². The molecular weight excluding hydrogens is 307 g/mol. The first-order valence-corrected chi connectivity index (χ1v) is 8.52. The maximum atomic E-state index is 13.6. The molecule has 0 bridgehead atoms. The summed E-state index contributed by atoms with van der Waals surface area (Å²) in [7, 11) is -0.830. The van der Waals surface area contributed by atoms with Crippen LogP contribution in [0.25, 0.3) is 0 Å². The van der Waals surface area contributed by atoms with Crippen molar-refractivity contribution in [2.75, 3.05) is 14.1 Å². The quantitative estimate of drug-likeness (QED) is 0.866. The third kappa shape index (κ3) is 4.78. The Balaban J connectivity index is 3.09. The van der Waals surface area contributed by atoms with Crippen molar-refractivity contribution < 1.29 is 17.6 Å². The molecule has 0 heterocycles. The lowest BCUT2D eigenvalue weighted by atomic mass is 10.0. The summed E-state index contributed by atoms with van der Waals surface area (Å²) in [6, 6.07) is 2.82. The summed E-state index contributed by atoms with van der Waals surface area (Å²) in [5, 5.41) is 0. The van der Waals surface area contributed by atoms with Crippen LogP contribution in [0, 0.1) is 18.7 Å². The second kappa shape index (κ2) is 7.19. The lowest BCUT2D eigenvalue weighted by molar-refractivity contribution is -0.130. The number of carbonyl (C=O) groups excluding carboxylic acids is 1. The van der Waals surface area contributed by atoms with Gasteiger partial charge < -0.3 is 4.90 Å².